The molecule has 0 saturated heterocycles. The maximum Gasteiger partial charge on any atom is 0.280 e. The molecule has 3 aromatic heterocycles. The predicted molar refractivity (Wildman–Crippen MR) is 124 cm³/mol. The molecule has 8 nitrogen and oxygen atoms in total. The highest BCUT2D eigenvalue weighted by Crippen LogP contribution is 2.21. The number of rotatable bonds is 6. The summed E-state index contributed by atoms with van der Waals surface area (Å²) in [6, 6.07) is 14.9. The second kappa shape index (κ2) is 8.52. The van der Waals surface area contributed by atoms with Gasteiger partial charge in [-0.2, -0.15) is 5.10 Å². The van der Waals surface area contributed by atoms with Gasteiger partial charge in [0.15, 0.2) is 10.7 Å². The highest BCUT2D eigenvalue weighted by Gasteiger charge is 2.13. The van der Waals surface area contributed by atoms with Crippen molar-refractivity contribution in [1.82, 2.24) is 29.6 Å². The maximum atomic E-state index is 12.8. The van der Waals surface area contributed by atoms with Crippen LogP contribution in [-0.2, 0) is 13.1 Å². The standard InChI is InChI=1S/C22H17ClN6O2S/c23-15-7-5-14(6-8-15)12-28-13-25-19-16(22(28)31)11-26-29(19)10-9-24-20(30)21-27-17-3-1-2-4-18(17)32-21/h1-8,11,13H,9-10,12H2,(H,24,30). The van der Waals surface area contributed by atoms with Gasteiger partial charge in [0.05, 0.1) is 29.5 Å². The van der Waals surface area contributed by atoms with Gasteiger partial charge in [0.2, 0.25) is 0 Å². The van der Waals surface area contributed by atoms with Crippen molar-refractivity contribution in [3.05, 3.63) is 87.0 Å². The lowest BCUT2D eigenvalue weighted by Gasteiger charge is -2.07. The number of nitrogens with one attached hydrogen (secondary N) is 1. The van der Waals surface area contributed by atoms with E-state index in [-0.39, 0.29) is 11.5 Å². The molecule has 1 amide bonds. The van der Waals surface area contributed by atoms with E-state index in [4.69, 9.17) is 11.6 Å². The van der Waals surface area contributed by atoms with Gasteiger partial charge in [0.1, 0.15) is 11.7 Å². The van der Waals surface area contributed by atoms with Crippen LogP contribution in [0.3, 0.4) is 0 Å². The second-order valence-electron chi connectivity index (χ2n) is 7.15. The number of nitrogens with zero attached hydrogens (tertiary/aromatic N) is 5. The van der Waals surface area contributed by atoms with Crippen LogP contribution in [0.2, 0.25) is 5.02 Å². The van der Waals surface area contributed by atoms with E-state index in [1.165, 1.54) is 28.4 Å². The average molecular weight is 465 g/mol. The van der Waals surface area contributed by atoms with E-state index >= 15 is 0 Å². The Bertz CT molecular complexity index is 1460. The summed E-state index contributed by atoms with van der Waals surface area (Å²) in [4.78, 5) is 34.0. The molecule has 3 heterocycles. The highest BCUT2D eigenvalue weighted by molar-refractivity contribution is 7.20. The number of thiazole rings is 1. The molecule has 0 unspecified atom stereocenters. The third-order valence-corrected chi connectivity index (χ3v) is 6.27. The second-order valence-corrected chi connectivity index (χ2v) is 8.62. The molecule has 0 saturated carbocycles. The van der Waals surface area contributed by atoms with Gasteiger partial charge in [-0.05, 0) is 29.8 Å². The number of carbonyl (C=O) groups excluding carboxylic acids is 1. The lowest BCUT2D eigenvalue weighted by molar-refractivity contribution is 0.0952. The smallest absolute Gasteiger partial charge is 0.280 e. The number of halogens is 1. The van der Waals surface area contributed by atoms with Crippen LogP contribution in [0.1, 0.15) is 15.4 Å². The third-order valence-electron chi connectivity index (χ3n) is 4.99. The number of amides is 1. The molecular weight excluding hydrogens is 448 g/mol. The first-order chi connectivity index (χ1) is 15.6. The third kappa shape index (κ3) is 4.00. The molecule has 0 aliphatic rings. The minimum atomic E-state index is -0.235. The van der Waals surface area contributed by atoms with Gasteiger partial charge in [-0.1, -0.05) is 35.9 Å². The van der Waals surface area contributed by atoms with Crippen LogP contribution in [-0.4, -0.2) is 36.8 Å². The van der Waals surface area contributed by atoms with Crippen LogP contribution in [0.25, 0.3) is 21.3 Å². The Labute approximate surface area is 191 Å². The van der Waals surface area contributed by atoms with E-state index in [1.54, 1.807) is 16.8 Å². The highest BCUT2D eigenvalue weighted by atomic mass is 35.5. The summed E-state index contributed by atoms with van der Waals surface area (Å²) in [6.45, 7) is 1.11. The molecular formula is C22H17ClN6O2S. The van der Waals surface area contributed by atoms with Crippen molar-refractivity contribution in [2.75, 3.05) is 6.54 Å². The Morgan fingerprint density at radius 1 is 1.12 bits per heavy atom. The molecule has 5 aromatic rings. The van der Waals surface area contributed by atoms with Crippen molar-refractivity contribution in [2.45, 2.75) is 13.1 Å². The van der Waals surface area contributed by atoms with Gasteiger partial charge < -0.3 is 5.32 Å². The van der Waals surface area contributed by atoms with Crippen LogP contribution in [0.5, 0.6) is 0 Å². The predicted octanol–water partition coefficient (Wildman–Crippen LogP) is 3.33. The normalized spacial score (nSPS) is 11.3. The molecule has 0 aliphatic carbocycles. The zero-order valence-corrected chi connectivity index (χ0v) is 18.3. The van der Waals surface area contributed by atoms with Gasteiger partial charge in [0, 0.05) is 11.6 Å². The Hall–Kier alpha value is -3.56. The molecule has 160 valence electrons. The first-order valence-corrected chi connectivity index (χ1v) is 11.1. The Balaban J connectivity index is 1.27. The summed E-state index contributed by atoms with van der Waals surface area (Å²) < 4.78 is 4.11. The van der Waals surface area contributed by atoms with Gasteiger partial charge in [0.25, 0.3) is 11.5 Å². The zero-order chi connectivity index (χ0) is 22.1. The van der Waals surface area contributed by atoms with Crippen LogP contribution in [0.15, 0.2) is 65.8 Å². The molecule has 0 radical (unpaired) electrons. The zero-order valence-electron chi connectivity index (χ0n) is 16.7. The summed E-state index contributed by atoms with van der Waals surface area (Å²) >= 11 is 7.27. The molecule has 0 atom stereocenters. The summed E-state index contributed by atoms with van der Waals surface area (Å²) in [5.41, 5.74) is 2.06. The minimum absolute atomic E-state index is 0.172. The molecule has 0 aliphatic heterocycles. The van der Waals surface area contributed by atoms with Crippen molar-refractivity contribution in [3.8, 4) is 0 Å². The van der Waals surface area contributed by atoms with Crippen molar-refractivity contribution in [1.29, 1.82) is 0 Å². The number of hydrogen-bond donors (Lipinski definition) is 1. The molecule has 32 heavy (non-hydrogen) atoms. The van der Waals surface area contributed by atoms with E-state index < -0.39 is 0 Å². The molecule has 0 fully saturated rings. The van der Waals surface area contributed by atoms with Crippen LogP contribution < -0.4 is 10.9 Å². The first kappa shape index (κ1) is 20.3. The SMILES string of the molecule is O=C(NCCn1ncc2c(=O)n(Cc3ccc(Cl)cc3)cnc21)c1nc2ccccc2s1. The molecule has 0 spiro atoms. The monoisotopic (exact) mass is 464 g/mol. The lowest BCUT2D eigenvalue weighted by Crippen LogP contribution is -2.27. The number of fused-ring (bicyclic) bond motifs is 2. The van der Waals surface area contributed by atoms with Crippen LogP contribution in [0, 0.1) is 0 Å². The fourth-order valence-corrected chi connectivity index (χ4v) is 4.39. The summed E-state index contributed by atoms with van der Waals surface area (Å²) in [6.07, 6.45) is 3.02. The maximum absolute atomic E-state index is 12.8. The average Bonchev–Trinajstić information content (AvgIpc) is 3.42. The topological polar surface area (TPSA) is 94.7 Å². The molecule has 1 N–H and O–H groups in total. The fraction of sp³-hybridized carbons (Fsp3) is 0.136. The Morgan fingerprint density at radius 2 is 1.94 bits per heavy atom. The van der Waals surface area contributed by atoms with Crippen LogP contribution >= 0.6 is 22.9 Å². The number of carbonyl (C=O) groups is 1. The molecule has 5 rings (SSSR count). The van der Waals surface area contributed by atoms with E-state index in [9.17, 15) is 9.59 Å². The largest absolute Gasteiger partial charge is 0.348 e. The van der Waals surface area contributed by atoms with Crippen molar-refractivity contribution < 1.29 is 4.79 Å². The minimum Gasteiger partial charge on any atom is -0.348 e. The van der Waals surface area contributed by atoms with Crippen LogP contribution in [0.4, 0.5) is 0 Å². The van der Waals surface area contributed by atoms with Gasteiger partial charge >= 0.3 is 0 Å². The first-order valence-electron chi connectivity index (χ1n) is 9.88. The fourth-order valence-electron chi connectivity index (χ4n) is 3.38. The van der Waals surface area contributed by atoms with Gasteiger partial charge in [-0.15, -0.1) is 11.3 Å². The molecule has 10 heteroatoms. The Kier molecular flexibility index (Phi) is 5.42. The van der Waals surface area contributed by atoms with E-state index in [2.05, 4.69) is 20.4 Å². The van der Waals surface area contributed by atoms with Crippen molar-refractivity contribution in [2.24, 2.45) is 0 Å². The summed E-state index contributed by atoms with van der Waals surface area (Å²) in [7, 11) is 0. The van der Waals surface area contributed by atoms with E-state index in [0.29, 0.717) is 40.7 Å². The molecule has 2 aromatic carbocycles. The van der Waals surface area contributed by atoms with Gasteiger partial charge in [-0.3, -0.25) is 14.2 Å². The number of aromatic nitrogens is 5. The number of benzene rings is 2. The van der Waals surface area contributed by atoms with Gasteiger partial charge in [-0.25, -0.2) is 14.6 Å². The Morgan fingerprint density at radius 3 is 2.75 bits per heavy atom. The van der Waals surface area contributed by atoms with Crippen molar-refractivity contribution >= 4 is 50.1 Å². The summed E-state index contributed by atoms with van der Waals surface area (Å²) in [5, 5.41) is 8.62. The van der Waals surface area contributed by atoms with E-state index in [1.807, 2.05) is 36.4 Å². The number of hydrogen-bond acceptors (Lipinski definition) is 6. The lowest BCUT2D eigenvalue weighted by atomic mass is 10.2. The molecule has 0 bridgehead atoms. The number of para-hydroxylation sites is 1. The quantitative estimate of drug-likeness (QED) is 0.416. The summed E-state index contributed by atoms with van der Waals surface area (Å²) in [5.74, 6) is -0.235. The van der Waals surface area contributed by atoms with Crippen molar-refractivity contribution in [3.63, 3.8) is 0 Å². The van der Waals surface area contributed by atoms with E-state index in [0.717, 1.165) is 15.8 Å².